The summed E-state index contributed by atoms with van der Waals surface area (Å²) in [6.45, 7) is 6.92. The Bertz CT molecular complexity index is 747. The maximum absolute atomic E-state index is 12.4. The van der Waals surface area contributed by atoms with Crippen molar-refractivity contribution in [3.05, 3.63) is 29.3 Å². The fourth-order valence-electron chi connectivity index (χ4n) is 3.71. The Morgan fingerprint density at radius 3 is 2.54 bits per heavy atom. The van der Waals surface area contributed by atoms with Gasteiger partial charge in [-0.05, 0) is 32.0 Å². The lowest BCUT2D eigenvalue weighted by Crippen LogP contribution is -2.51. The third-order valence-electron chi connectivity index (χ3n) is 5.37. The van der Waals surface area contributed by atoms with Crippen molar-refractivity contribution in [1.29, 1.82) is 0 Å². The van der Waals surface area contributed by atoms with Crippen molar-refractivity contribution in [3.8, 4) is 0 Å². The van der Waals surface area contributed by atoms with E-state index in [4.69, 9.17) is 11.6 Å². The normalized spacial score (nSPS) is 20.1. The first-order valence-electron chi connectivity index (χ1n) is 9.70. The van der Waals surface area contributed by atoms with Crippen molar-refractivity contribution >= 4 is 35.0 Å². The van der Waals surface area contributed by atoms with Crippen LogP contribution in [-0.4, -0.2) is 72.8 Å². The molecule has 0 spiro atoms. The number of rotatable bonds is 5. The van der Waals surface area contributed by atoms with E-state index in [1.165, 1.54) is 0 Å². The van der Waals surface area contributed by atoms with Crippen LogP contribution in [0.25, 0.3) is 0 Å². The molecule has 0 bridgehead atoms. The van der Waals surface area contributed by atoms with Gasteiger partial charge in [0.25, 0.3) is 0 Å². The first kappa shape index (κ1) is 20.5. The van der Waals surface area contributed by atoms with Crippen molar-refractivity contribution in [3.63, 3.8) is 0 Å². The van der Waals surface area contributed by atoms with Crippen molar-refractivity contribution in [2.45, 2.75) is 26.3 Å². The van der Waals surface area contributed by atoms with Crippen LogP contribution in [0, 0.1) is 5.92 Å². The lowest BCUT2D eigenvalue weighted by molar-refractivity contribution is -0.134. The Labute approximate surface area is 170 Å². The molecule has 1 atom stereocenters. The summed E-state index contributed by atoms with van der Waals surface area (Å²) in [5.74, 6) is -0.687. The van der Waals surface area contributed by atoms with E-state index in [0.717, 1.165) is 18.8 Å². The summed E-state index contributed by atoms with van der Waals surface area (Å²) in [7, 11) is 0. The zero-order valence-electron chi connectivity index (χ0n) is 16.4. The molecule has 0 radical (unpaired) electrons. The van der Waals surface area contributed by atoms with Crippen molar-refractivity contribution in [1.82, 2.24) is 15.1 Å². The Hall–Kier alpha value is -2.28. The summed E-state index contributed by atoms with van der Waals surface area (Å²) >= 11 is 6.05. The molecule has 2 heterocycles. The molecule has 2 aliphatic rings. The van der Waals surface area contributed by atoms with Gasteiger partial charge in [0.1, 0.15) is 0 Å². The summed E-state index contributed by atoms with van der Waals surface area (Å²) in [5.41, 5.74) is 1.05. The molecular weight excluding hydrogens is 380 g/mol. The highest BCUT2D eigenvalue weighted by Gasteiger charge is 2.35. The number of amides is 3. The van der Waals surface area contributed by atoms with Crippen LogP contribution in [0.3, 0.4) is 0 Å². The molecule has 152 valence electrons. The molecule has 0 aliphatic carbocycles. The van der Waals surface area contributed by atoms with Crippen LogP contribution in [0.2, 0.25) is 5.02 Å². The lowest BCUT2D eigenvalue weighted by atomic mass is 10.1. The molecule has 3 amide bonds. The van der Waals surface area contributed by atoms with Crippen LogP contribution in [0.15, 0.2) is 24.3 Å². The number of hydrogen-bond acceptors (Lipinski definition) is 4. The second-order valence-electron chi connectivity index (χ2n) is 7.61. The highest BCUT2D eigenvalue weighted by Crippen LogP contribution is 2.21. The monoisotopic (exact) mass is 406 g/mol. The number of nitrogens with zero attached hydrogens (tertiary/aromatic N) is 3. The van der Waals surface area contributed by atoms with Crippen molar-refractivity contribution in [2.75, 3.05) is 44.2 Å². The van der Waals surface area contributed by atoms with Crippen LogP contribution in [0.1, 0.15) is 20.3 Å². The predicted octanol–water partition coefficient (Wildman–Crippen LogP) is 1.36. The number of hydrogen-bond donors (Lipinski definition) is 1. The van der Waals surface area contributed by atoms with E-state index in [2.05, 4.69) is 10.2 Å². The zero-order chi connectivity index (χ0) is 20.3. The van der Waals surface area contributed by atoms with Gasteiger partial charge in [-0.1, -0.05) is 17.7 Å². The van der Waals surface area contributed by atoms with E-state index in [0.29, 0.717) is 24.7 Å². The quantitative estimate of drug-likeness (QED) is 0.801. The zero-order valence-corrected chi connectivity index (χ0v) is 17.1. The van der Waals surface area contributed by atoms with Crippen LogP contribution >= 0.6 is 11.6 Å². The van der Waals surface area contributed by atoms with Gasteiger partial charge >= 0.3 is 0 Å². The number of halogens is 1. The maximum atomic E-state index is 12.4. The van der Waals surface area contributed by atoms with E-state index >= 15 is 0 Å². The first-order valence-corrected chi connectivity index (χ1v) is 10.1. The number of benzene rings is 1. The predicted molar refractivity (Wildman–Crippen MR) is 108 cm³/mol. The van der Waals surface area contributed by atoms with Gasteiger partial charge in [0.2, 0.25) is 17.7 Å². The highest BCUT2D eigenvalue weighted by molar-refractivity contribution is 6.30. The molecule has 2 aliphatic heterocycles. The van der Waals surface area contributed by atoms with Crippen LogP contribution < -0.4 is 10.2 Å². The molecule has 3 rings (SSSR count). The summed E-state index contributed by atoms with van der Waals surface area (Å²) in [5, 5.41) is 3.41. The van der Waals surface area contributed by atoms with Gasteiger partial charge < -0.3 is 20.0 Å². The van der Waals surface area contributed by atoms with E-state index in [1.807, 2.05) is 38.1 Å². The highest BCUT2D eigenvalue weighted by atomic mass is 35.5. The maximum Gasteiger partial charge on any atom is 0.242 e. The van der Waals surface area contributed by atoms with Crippen LogP contribution in [0.4, 0.5) is 5.69 Å². The minimum absolute atomic E-state index is 0.00128. The van der Waals surface area contributed by atoms with Gasteiger partial charge in [-0.2, -0.15) is 0 Å². The van der Waals surface area contributed by atoms with Gasteiger partial charge in [-0.25, -0.2) is 0 Å². The fraction of sp³-hybridized carbons (Fsp3) is 0.550. The number of nitrogens with one attached hydrogen (secondary N) is 1. The summed E-state index contributed by atoms with van der Waals surface area (Å²) in [6, 6.07) is 7.77. The number of carbonyl (C=O) groups is 3. The molecule has 2 saturated heterocycles. The second-order valence-corrected chi connectivity index (χ2v) is 8.04. The molecule has 2 fully saturated rings. The van der Waals surface area contributed by atoms with Gasteiger partial charge in [0.05, 0.1) is 12.5 Å². The Kier molecular flexibility index (Phi) is 6.44. The van der Waals surface area contributed by atoms with Crippen molar-refractivity contribution < 1.29 is 14.4 Å². The number of likely N-dealkylation sites (tertiary alicyclic amines) is 1. The number of piperazine rings is 1. The largest absolute Gasteiger partial charge is 0.368 e. The van der Waals surface area contributed by atoms with Gasteiger partial charge in [0, 0.05) is 55.9 Å². The standard InChI is InChI=1S/C20H27ClN4O3/c1-14(2)25-13-15(10-18(25)26)20(28)22-12-19(27)24-8-6-23(7-9-24)17-5-3-4-16(21)11-17/h3-5,11,14-15H,6-10,12-13H2,1-2H3,(H,22,28). The molecule has 28 heavy (non-hydrogen) atoms. The van der Waals surface area contributed by atoms with E-state index in [-0.39, 0.29) is 42.6 Å². The second kappa shape index (κ2) is 8.82. The third kappa shape index (κ3) is 4.76. The Balaban J connectivity index is 1.44. The minimum Gasteiger partial charge on any atom is -0.368 e. The van der Waals surface area contributed by atoms with Crippen molar-refractivity contribution in [2.24, 2.45) is 5.92 Å². The minimum atomic E-state index is -0.373. The average molecular weight is 407 g/mol. The molecular formula is C20H27ClN4O3. The van der Waals surface area contributed by atoms with Crippen LogP contribution in [-0.2, 0) is 14.4 Å². The molecule has 1 aromatic carbocycles. The van der Waals surface area contributed by atoms with Gasteiger partial charge in [-0.15, -0.1) is 0 Å². The Morgan fingerprint density at radius 1 is 1.21 bits per heavy atom. The average Bonchev–Trinajstić information content (AvgIpc) is 3.08. The fourth-order valence-corrected chi connectivity index (χ4v) is 3.90. The summed E-state index contributed by atoms with van der Waals surface area (Å²) < 4.78 is 0. The number of anilines is 1. The topological polar surface area (TPSA) is 73.0 Å². The third-order valence-corrected chi connectivity index (χ3v) is 5.61. The van der Waals surface area contributed by atoms with Crippen LogP contribution in [0.5, 0.6) is 0 Å². The van der Waals surface area contributed by atoms with E-state index < -0.39 is 0 Å². The lowest BCUT2D eigenvalue weighted by Gasteiger charge is -2.36. The molecule has 7 nitrogen and oxygen atoms in total. The number of carbonyl (C=O) groups excluding carboxylic acids is 3. The van der Waals surface area contributed by atoms with E-state index in [1.54, 1.807) is 9.80 Å². The molecule has 8 heteroatoms. The molecule has 1 aromatic rings. The summed E-state index contributed by atoms with van der Waals surface area (Å²) in [4.78, 5) is 42.4. The molecule has 0 saturated carbocycles. The first-order chi connectivity index (χ1) is 13.3. The summed E-state index contributed by atoms with van der Waals surface area (Å²) in [6.07, 6.45) is 0.219. The van der Waals surface area contributed by atoms with Gasteiger partial charge in [0.15, 0.2) is 0 Å². The Morgan fingerprint density at radius 2 is 1.93 bits per heavy atom. The molecule has 1 unspecified atom stereocenters. The smallest absolute Gasteiger partial charge is 0.242 e. The molecule has 0 aromatic heterocycles. The molecule has 1 N–H and O–H groups in total. The van der Waals surface area contributed by atoms with Gasteiger partial charge in [-0.3, -0.25) is 14.4 Å². The van der Waals surface area contributed by atoms with E-state index in [9.17, 15) is 14.4 Å². The SMILES string of the molecule is CC(C)N1CC(C(=O)NCC(=O)N2CCN(c3cccc(Cl)c3)CC2)CC1=O.